The SMILES string of the molecule is CCNC(=O)Nc1ccc(-c2nc3c(c(N4CCOCC4)n2)CCN(c2ccc(=O)n(C)c2)C3)cc1. The van der Waals surface area contributed by atoms with Crippen LogP contribution in [0.3, 0.4) is 0 Å². The van der Waals surface area contributed by atoms with Crippen LogP contribution in [-0.4, -0.2) is 60.0 Å². The van der Waals surface area contributed by atoms with Gasteiger partial charge < -0.3 is 29.7 Å². The molecule has 1 aromatic carbocycles. The fourth-order valence-electron chi connectivity index (χ4n) is 4.60. The van der Waals surface area contributed by atoms with Crippen molar-refractivity contribution in [1.29, 1.82) is 0 Å². The molecule has 2 amide bonds. The number of nitrogens with zero attached hydrogens (tertiary/aromatic N) is 5. The molecule has 3 aromatic rings. The van der Waals surface area contributed by atoms with Crippen molar-refractivity contribution < 1.29 is 9.53 Å². The number of amides is 2. The molecular weight excluding hydrogens is 458 g/mol. The van der Waals surface area contributed by atoms with E-state index in [4.69, 9.17) is 14.7 Å². The van der Waals surface area contributed by atoms with Crippen LogP contribution >= 0.6 is 0 Å². The van der Waals surface area contributed by atoms with E-state index in [0.717, 1.165) is 48.8 Å². The molecule has 5 rings (SSSR count). The van der Waals surface area contributed by atoms with Crippen LogP contribution in [-0.2, 0) is 24.8 Å². The molecule has 0 bridgehead atoms. The van der Waals surface area contributed by atoms with E-state index in [2.05, 4.69) is 20.4 Å². The second-order valence-corrected chi connectivity index (χ2v) is 8.97. The molecule has 36 heavy (non-hydrogen) atoms. The Hall–Kier alpha value is -3.92. The van der Waals surface area contributed by atoms with E-state index < -0.39 is 0 Å². The summed E-state index contributed by atoms with van der Waals surface area (Å²) in [6, 6.07) is 10.8. The minimum atomic E-state index is -0.233. The van der Waals surface area contributed by atoms with Gasteiger partial charge in [0.15, 0.2) is 5.82 Å². The van der Waals surface area contributed by atoms with Crippen molar-refractivity contribution >= 4 is 23.2 Å². The Balaban J connectivity index is 1.48. The van der Waals surface area contributed by atoms with Gasteiger partial charge in [-0.25, -0.2) is 14.8 Å². The second-order valence-electron chi connectivity index (χ2n) is 8.97. The lowest BCUT2D eigenvalue weighted by Crippen LogP contribution is -2.39. The highest BCUT2D eigenvalue weighted by molar-refractivity contribution is 5.89. The smallest absolute Gasteiger partial charge is 0.319 e. The van der Waals surface area contributed by atoms with Gasteiger partial charge in [0.05, 0.1) is 31.1 Å². The zero-order chi connectivity index (χ0) is 25.1. The number of pyridine rings is 1. The number of morpholine rings is 1. The number of benzene rings is 1. The molecule has 1 fully saturated rings. The van der Waals surface area contributed by atoms with Crippen LogP contribution in [0, 0.1) is 0 Å². The maximum absolute atomic E-state index is 11.9. The van der Waals surface area contributed by atoms with Crippen molar-refractivity contribution in [3.63, 3.8) is 0 Å². The highest BCUT2D eigenvalue weighted by atomic mass is 16.5. The molecule has 10 heteroatoms. The molecule has 4 heterocycles. The number of hydrogen-bond acceptors (Lipinski definition) is 7. The van der Waals surface area contributed by atoms with Gasteiger partial charge >= 0.3 is 6.03 Å². The number of aryl methyl sites for hydroxylation is 1. The van der Waals surface area contributed by atoms with Gasteiger partial charge in [-0.15, -0.1) is 0 Å². The normalized spacial score (nSPS) is 15.4. The summed E-state index contributed by atoms with van der Waals surface area (Å²) >= 11 is 0. The molecule has 2 N–H and O–H groups in total. The number of ether oxygens (including phenoxy) is 1. The predicted octanol–water partition coefficient (Wildman–Crippen LogP) is 2.38. The van der Waals surface area contributed by atoms with E-state index in [-0.39, 0.29) is 11.6 Å². The Kier molecular flexibility index (Phi) is 6.86. The monoisotopic (exact) mass is 489 g/mol. The molecule has 2 aromatic heterocycles. The van der Waals surface area contributed by atoms with Crippen LogP contribution in [0.5, 0.6) is 0 Å². The van der Waals surface area contributed by atoms with Crippen molar-refractivity contribution in [2.24, 2.45) is 7.05 Å². The molecule has 0 spiro atoms. The first-order valence-corrected chi connectivity index (χ1v) is 12.3. The number of carbonyl (C=O) groups is 1. The Morgan fingerprint density at radius 1 is 1.03 bits per heavy atom. The van der Waals surface area contributed by atoms with Gasteiger partial charge in [-0.05, 0) is 43.7 Å². The number of carbonyl (C=O) groups excluding carboxylic acids is 1. The second kappa shape index (κ2) is 10.4. The highest BCUT2D eigenvalue weighted by Gasteiger charge is 2.26. The van der Waals surface area contributed by atoms with Gasteiger partial charge in [0.1, 0.15) is 5.82 Å². The van der Waals surface area contributed by atoms with E-state index in [1.54, 1.807) is 17.7 Å². The Labute approximate surface area is 209 Å². The summed E-state index contributed by atoms with van der Waals surface area (Å²) in [6.45, 7) is 6.85. The topological polar surface area (TPSA) is 105 Å². The molecule has 2 aliphatic heterocycles. The summed E-state index contributed by atoms with van der Waals surface area (Å²) in [5, 5.41) is 5.55. The summed E-state index contributed by atoms with van der Waals surface area (Å²) in [7, 11) is 1.77. The first-order chi connectivity index (χ1) is 17.5. The van der Waals surface area contributed by atoms with Gasteiger partial charge in [-0.3, -0.25) is 4.79 Å². The van der Waals surface area contributed by atoms with E-state index in [0.29, 0.717) is 37.8 Å². The molecule has 0 aliphatic carbocycles. The molecule has 0 atom stereocenters. The van der Waals surface area contributed by atoms with Gasteiger partial charge in [0.2, 0.25) is 5.56 Å². The van der Waals surface area contributed by atoms with Gasteiger partial charge in [0, 0.05) is 62.3 Å². The minimum Gasteiger partial charge on any atom is -0.378 e. The number of rotatable bonds is 5. The number of fused-ring (bicyclic) bond motifs is 1. The molecule has 0 unspecified atom stereocenters. The quantitative estimate of drug-likeness (QED) is 0.567. The van der Waals surface area contributed by atoms with Crippen molar-refractivity contribution in [2.45, 2.75) is 19.9 Å². The zero-order valence-electron chi connectivity index (χ0n) is 20.7. The van der Waals surface area contributed by atoms with Crippen LogP contribution in [0.4, 0.5) is 22.0 Å². The van der Waals surface area contributed by atoms with Crippen molar-refractivity contribution in [2.75, 3.05) is 54.5 Å². The summed E-state index contributed by atoms with van der Waals surface area (Å²) in [6.07, 6.45) is 2.69. The standard InChI is InChI=1S/C26H31N7O3/c1-3-27-26(35)28-19-6-4-18(5-7-19)24-29-22-17-33(20-8-9-23(34)31(2)16-20)11-10-21(22)25(30-24)32-12-14-36-15-13-32/h4-9,16H,3,10-15,17H2,1-2H3,(H2,27,28,35). The summed E-state index contributed by atoms with van der Waals surface area (Å²) in [4.78, 5) is 38.3. The van der Waals surface area contributed by atoms with Crippen molar-refractivity contribution in [3.05, 3.63) is 64.2 Å². The summed E-state index contributed by atoms with van der Waals surface area (Å²) in [5.41, 5.74) is 4.73. The van der Waals surface area contributed by atoms with Gasteiger partial charge in [0.25, 0.3) is 0 Å². The number of urea groups is 1. The van der Waals surface area contributed by atoms with E-state index in [1.807, 2.05) is 43.5 Å². The molecule has 0 radical (unpaired) electrons. The fourth-order valence-corrected chi connectivity index (χ4v) is 4.60. The van der Waals surface area contributed by atoms with Crippen LogP contribution in [0.15, 0.2) is 47.4 Å². The highest BCUT2D eigenvalue weighted by Crippen LogP contribution is 2.32. The first kappa shape index (κ1) is 23.8. The van der Waals surface area contributed by atoms with Crippen LogP contribution in [0.2, 0.25) is 0 Å². The summed E-state index contributed by atoms with van der Waals surface area (Å²) < 4.78 is 7.18. The predicted molar refractivity (Wildman–Crippen MR) is 140 cm³/mol. The van der Waals surface area contributed by atoms with Crippen LogP contribution < -0.4 is 26.0 Å². The number of hydrogen-bond donors (Lipinski definition) is 2. The first-order valence-electron chi connectivity index (χ1n) is 12.3. The van der Waals surface area contributed by atoms with E-state index >= 15 is 0 Å². The molecule has 1 saturated heterocycles. The van der Waals surface area contributed by atoms with E-state index in [1.165, 1.54) is 5.56 Å². The Morgan fingerprint density at radius 3 is 2.53 bits per heavy atom. The average molecular weight is 490 g/mol. The fraction of sp³-hybridized carbons (Fsp3) is 0.385. The lowest BCUT2D eigenvalue weighted by atomic mass is 10.0. The Bertz CT molecular complexity index is 1300. The molecular formula is C26H31N7O3. The summed E-state index contributed by atoms with van der Waals surface area (Å²) in [5.74, 6) is 1.63. The maximum atomic E-state index is 11.9. The average Bonchev–Trinajstić information content (AvgIpc) is 2.90. The largest absolute Gasteiger partial charge is 0.378 e. The van der Waals surface area contributed by atoms with Crippen LogP contribution in [0.25, 0.3) is 11.4 Å². The third kappa shape index (κ3) is 5.03. The zero-order valence-corrected chi connectivity index (χ0v) is 20.7. The van der Waals surface area contributed by atoms with Crippen LogP contribution in [0.1, 0.15) is 18.2 Å². The third-order valence-corrected chi connectivity index (χ3v) is 6.53. The molecule has 0 saturated carbocycles. The molecule has 188 valence electrons. The molecule has 10 nitrogen and oxygen atoms in total. The van der Waals surface area contributed by atoms with Gasteiger partial charge in [-0.2, -0.15) is 0 Å². The number of nitrogens with one attached hydrogen (secondary N) is 2. The maximum Gasteiger partial charge on any atom is 0.319 e. The van der Waals surface area contributed by atoms with E-state index in [9.17, 15) is 9.59 Å². The lowest BCUT2D eigenvalue weighted by Gasteiger charge is -2.35. The minimum absolute atomic E-state index is 0.0273. The van der Waals surface area contributed by atoms with Crippen molar-refractivity contribution in [1.82, 2.24) is 19.9 Å². The number of aromatic nitrogens is 3. The molecule has 2 aliphatic rings. The van der Waals surface area contributed by atoms with Gasteiger partial charge in [-0.1, -0.05) is 0 Å². The number of anilines is 3. The lowest BCUT2D eigenvalue weighted by molar-refractivity contribution is 0.122. The third-order valence-electron chi connectivity index (χ3n) is 6.53. The Morgan fingerprint density at radius 2 is 1.81 bits per heavy atom. The van der Waals surface area contributed by atoms with Crippen molar-refractivity contribution in [3.8, 4) is 11.4 Å².